The average molecular weight is 269 g/mol. The van der Waals surface area contributed by atoms with Gasteiger partial charge in [0, 0.05) is 31.2 Å². The van der Waals surface area contributed by atoms with Gasteiger partial charge in [0.25, 0.3) is 0 Å². The molecule has 0 radical (unpaired) electrons. The molecule has 0 bridgehead atoms. The highest BCUT2D eigenvalue weighted by Gasteiger charge is 2.28. The molecule has 0 aromatic rings. The molecule has 1 aliphatic heterocycles. The predicted molar refractivity (Wildman–Crippen MR) is 84.7 cm³/mol. The van der Waals surface area contributed by atoms with Gasteiger partial charge >= 0.3 is 0 Å². The summed E-state index contributed by atoms with van der Waals surface area (Å²) in [6.45, 7) is 17.5. The summed E-state index contributed by atoms with van der Waals surface area (Å²) >= 11 is 0. The largest absolute Gasteiger partial charge is 0.315 e. The maximum absolute atomic E-state index is 3.51. The molecule has 0 saturated carbocycles. The molecule has 0 amide bonds. The Morgan fingerprint density at radius 2 is 1.89 bits per heavy atom. The van der Waals surface area contributed by atoms with Crippen LogP contribution < -0.4 is 5.32 Å². The van der Waals surface area contributed by atoms with Crippen molar-refractivity contribution < 1.29 is 0 Å². The number of likely N-dealkylation sites (N-methyl/N-ethyl adjacent to an activating group) is 1. The molecule has 0 aromatic carbocycles. The van der Waals surface area contributed by atoms with Gasteiger partial charge in [0.1, 0.15) is 0 Å². The number of nitrogens with zero attached hydrogens (tertiary/aromatic N) is 2. The maximum atomic E-state index is 3.51. The summed E-state index contributed by atoms with van der Waals surface area (Å²) < 4.78 is 0. The van der Waals surface area contributed by atoms with Crippen LogP contribution >= 0.6 is 0 Å². The molecular formula is C16H35N3. The smallest absolute Gasteiger partial charge is 0.0235 e. The first kappa shape index (κ1) is 16.9. The molecule has 2 atom stereocenters. The Morgan fingerprint density at radius 3 is 2.47 bits per heavy atom. The lowest BCUT2D eigenvalue weighted by molar-refractivity contribution is 0.187. The van der Waals surface area contributed by atoms with E-state index in [0.717, 1.165) is 18.6 Å². The fraction of sp³-hybridized carbons (Fsp3) is 1.00. The molecule has 1 rings (SSSR count). The van der Waals surface area contributed by atoms with Crippen LogP contribution in [0.2, 0.25) is 0 Å². The van der Waals surface area contributed by atoms with Gasteiger partial charge in [0.2, 0.25) is 0 Å². The van der Waals surface area contributed by atoms with Gasteiger partial charge in [-0.2, -0.15) is 0 Å². The quantitative estimate of drug-likeness (QED) is 0.649. The van der Waals surface area contributed by atoms with Crippen LogP contribution in [0.1, 0.15) is 53.9 Å². The summed E-state index contributed by atoms with van der Waals surface area (Å²) in [5.74, 6) is 0. The van der Waals surface area contributed by atoms with Gasteiger partial charge in [0.15, 0.2) is 0 Å². The third-order valence-electron chi connectivity index (χ3n) is 4.50. The van der Waals surface area contributed by atoms with Crippen molar-refractivity contribution in [3.05, 3.63) is 0 Å². The zero-order valence-corrected chi connectivity index (χ0v) is 13.8. The van der Waals surface area contributed by atoms with E-state index in [1.807, 2.05) is 0 Å². The summed E-state index contributed by atoms with van der Waals surface area (Å²) in [7, 11) is 0. The predicted octanol–water partition coefficient (Wildman–Crippen LogP) is 2.57. The van der Waals surface area contributed by atoms with E-state index >= 15 is 0 Å². The molecule has 0 aromatic heterocycles. The van der Waals surface area contributed by atoms with E-state index in [1.165, 1.54) is 45.4 Å². The van der Waals surface area contributed by atoms with Gasteiger partial charge in [-0.25, -0.2) is 0 Å². The fourth-order valence-electron chi connectivity index (χ4n) is 3.18. The molecule has 1 N–H and O–H groups in total. The molecule has 1 aliphatic rings. The zero-order valence-electron chi connectivity index (χ0n) is 13.8. The highest BCUT2D eigenvalue weighted by molar-refractivity contribution is 4.85. The number of hydrogen-bond acceptors (Lipinski definition) is 3. The summed E-state index contributed by atoms with van der Waals surface area (Å²) in [4.78, 5) is 5.31. The van der Waals surface area contributed by atoms with E-state index in [2.05, 4.69) is 49.7 Å². The number of nitrogens with one attached hydrogen (secondary N) is 1. The van der Waals surface area contributed by atoms with Crippen LogP contribution in [0.4, 0.5) is 0 Å². The van der Waals surface area contributed by atoms with Gasteiger partial charge < -0.3 is 5.32 Å². The van der Waals surface area contributed by atoms with Crippen LogP contribution in [0.3, 0.4) is 0 Å². The van der Waals surface area contributed by atoms with Crippen molar-refractivity contribution in [2.75, 3.05) is 32.7 Å². The normalized spacial score (nSPS) is 22.6. The van der Waals surface area contributed by atoms with Crippen LogP contribution in [-0.4, -0.2) is 60.6 Å². The highest BCUT2D eigenvalue weighted by atomic mass is 15.3. The number of hydrogen-bond donors (Lipinski definition) is 1. The van der Waals surface area contributed by atoms with Crippen molar-refractivity contribution in [1.82, 2.24) is 15.1 Å². The lowest BCUT2D eigenvalue weighted by atomic mass is 10.1. The van der Waals surface area contributed by atoms with Gasteiger partial charge in [-0.3, -0.25) is 9.80 Å². The van der Waals surface area contributed by atoms with Crippen LogP contribution in [-0.2, 0) is 0 Å². The minimum atomic E-state index is 0.620. The minimum absolute atomic E-state index is 0.620. The summed E-state index contributed by atoms with van der Waals surface area (Å²) in [6, 6.07) is 2.16. The molecule has 0 spiro atoms. The monoisotopic (exact) mass is 269 g/mol. The zero-order chi connectivity index (χ0) is 14.3. The summed E-state index contributed by atoms with van der Waals surface area (Å²) in [5.41, 5.74) is 0. The van der Waals surface area contributed by atoms with Crippen molar-refractivity contribution in [3.8, 4) is 0 Å². The molecule has 1 fully saturated rings. The average Bonchev–Trinajstić information content (AvgIpc) is 2.85. The Kier molecular flexibility index (Phi) is 7.96. The van der Waals surface area contributed by atoms with E-state index < -0.39 is 0 Å². The van der Waals surface area contributed by atoms with E-state index in [9.17, 15) is 0 Å². The first-order valence-corrected chi connectivity index (χ1v) is 8.29. The second kappa shape index (κ2) is 8.93. The van der Waals surface area contributed by atoms with Crippen LogP contribution in [0, 0.1) is 0 Å². The van der Waals surface area contributed by atoms with E-state index in [0.29, 0.717) is 6.04 Å². The third-order valence-corrected chi connectivity index (χ3v) is 4.50. The van der Waals surface area contributed by atoms with Gasteiger partial charge in [0.05, 0.1) is 0 Å². The fourth-order valence-corrected chi connectivity index (χ4v) is 3.18. The van der Waals surface area contributed by atoms with Crippen molar-refractivity contribution in [1.29, 1.82) is 0 Å². The van der Waals surface area contributed by atoms with Gasteiger partial charge in [-0.1, -0.05) is 27.7 Å². The lowest BCUT2D eigenvalue weighted by Gasteiger charge is -2.28. The van der Waals surface area contributed by atoms with E-state index in [4.69, 9.17) is 0 Å². The molecule has 0 aliphatic carbocycles. The third kappa shape index (κ3) is 5.80. The second-order valence-electron chi connectivity index (χ2n) is 6.26. The molecule has 3 nitrogen and oxygen atoms in total. The highest BCUT2D eigenvalue weighted by Crippen LogP contribution is 2.19. The van der Waals surface area contributed by atoms with Crippen LogP contribution in [0.5, 0.6) is 0 Å². The molecule has 1 heterocycles. The minimum Gasteiger partial charge on any atom is -0.315 e. The molecule has 114 valence electrons. The number of rotatable bonds is 9. The van der Waals surface area contributed by atoms with E-state index in [-0.39, 0.29) is 0 Å². The maximum Gasteiger partial charge on any atom is 0.0235 e. The summed E-state index contributed by atoms with van der Waals surface area (Å²) in [6.07, 6.45) is 3.98. The standard InChI is InChI=1S/C16H35N3/c1-6-18(7-2)16-10-12-19(13-16)15(5)9-8-11-17-14(3)4/h14-17H,6-13H2,1-5H3. The second-order valence-corrected chi connectivity index (χ2v) is 6.26. The Morgan fingerprint density at radius 1 is 1.21 bits per heavy atom. The molecule has 3 heteroatoms. The van der Waals surface area contributed by atoms with Crippen molar-refractivity contribution in [2.24, 2.45) is 0 Å². The lowest BCUT2D eigenvalue weighted by Crippen LogP contribution is -2.39. The van der Waals surface area contributed by atoms with Crippen molar-refractivity contribution in [3.63, 3.8) is 0 Å². The Hall–Kier alpha value is -0.120. The topological polar surface area (TPSA) is 18.5 Å². The van der Waals surface area contributed by atoms with Crippen LogP contribution in [0.15, 0.2) is 0 Å². The van der Waals surface area contributed by atoms with Gasteiger partial charge in [-0.15, -0.1) is 0 Å². The number of likely N-dealkylation sites (tertiary alicyclic amines) is 1. The van der Waals surface area contributed by atoms with Gasteiger partial charge in [-0.05, 0) is 45.8 Å². The Balaban J connectivity index is 2.22. The van der Waals surface area contributed by atoms with Crippen LogP contribution in [0.25, 0.3) is 0 Å². The molecular weight excluding hydrogens is 234 g/mol. The SMILES string of the molecule is CCN(CC)C1CCN(C(C)CCCNC(C)C)C1. The summed E-state index contributed by atoms with van der Waals surface area (Å²) in [5, 5.41) is 3.51. The molecule has 1 saturated heterocycles. The molecule has 2 unspecified atom stereocenters. The Labute approximate surface area is 120 Å². The van der Waals surface area contributed by atoms with Crippen molar-refractivity contribution >= 4 is 0 Å². The molecule has 19 heavy (non-hydrogen) atoms. The first-order chi connectivity index (χ1) is 9.08. The Bertz CT molecular complexity index is 226. The van der Waals surface area contributed by atoms with E-state index in [1.54, 1.807) is 0 Å². The van der Waals surface area contributed by atoms with Crippen molar-refractivity contribution in [2.45, 2.75) is 72.0 Å². The first-order valence-electron chi connectivity index (χ1n) is 8.29.